The normalized spacial score (nSPS) is 14.0. The van der Waals surface area contributed by atoms with Crippen molar-refractivity contribution in [2.45, 2.75) is 26.8 Å². The monoisotopic (exact) mass is 302 g/mol. The van der Waals surface area contributed by atoms with Gasteiger partial charge in [0.05, 0.1) is 11.3 Å². The lowest BCUT2D eigenvalue weighted by Gasteiger charge is -2.28. The number of carbonyl (C=O) groups excluding carboxylic acids is 1. The summed E-state index contributed by atoms with van der Waals surface area (Å²) in [5.74, 6) is 0.857. The molecule has 0 bridgehead atoms. The number of aromatic nitrogens is 2. The highest BCUT2D eigenvalue weighted by molar-refractivity contribution is 7.12. The van der Waals surface area contributed by atoms with E-state index in [0.717, 1.165) is 33.9 Å². The molecule has 1 aliphatic heterocycles. The molecule has 1 aliphatic rings. The molecule has 110 valence electrons. The van der Waals surface area contributed by atoms with Crippen LogP contribution in [0.3, 0.4) is 0 Å². The van der Waals surface area contributed by atoms with Crippen molar-refractivity contribution in [3.8, 4) is 0 Å². The highest BCUT2D eigenvalue weighted by Crippen LogP contribution is 2.25. The summed E-state index contributed by atoms with van der Waals surface area (Å²) < 4.78 is 0. The molecule has 21 heavy (non-hydrogen) atoms. The molecule has 1 N–H and O–H groups in total. The van der Waals surface area contributed by atoms with E-state index >= 15 is 0 Å². The van der Waals surface area contributed by atoms with Crippen LogP contribution in [-0.2, 0) is 13.0 Å². The van der Waals surface area contributed by atoms with E-state index in [0.29, 0.717) is 13.1 Å². The number of anilines is 1. The summed E-state index contributed by atoms with van der Waals surface area (Å²) in [6.45, 7) is 5.35. The second-order valence-electron chi connectivity index (χ2n) is 5.26. The molecule has 0 aromatic carbocycles. The molecule has 1 amide bonds. The Bertz CT molecular complexity index is 695. The smallest absolute Gasteiger partial charge is 0.255 e. The van der Waals surface area contributed by atoms with E-state index in [1.165, 1.54) is 4.88 Å². The van der Waals surface area contributed by atoms with E-state index < -0.39 is 0 Å². The highest BCUT2D eigenvalue weighted by Gasteiger charge is 2.25. The Hall–Kier alpha value is -1.95. The molecule has 0 radical (unpaired) electrons. The summed E-state index contributed by atoms with van der Waals surface area (Å²) in [4.78, 5) is 16.8. The summed E-state index contributed by atoms with van der Waals surface area (Å²) in [5, 5.41) is 11.3. The second kappa shape index (κ2) is 5.44. The number of amides is 1. The molecule has 5 nitrogen and oxygen atoms in total. The first-order valence-corrected chi connectivity index (χ1v) is 7.79. The molecule has 0 saturated carbocycles. The fraction of sp³-hybridized carbons (Fsp3) is 0.400. The molecule has 6 heteroatoms. The molecular formula is C15H18N4OS. The predicted octanol–water partition coefficient (Wildman–Crippen LogP) is 2.40. The number of thiophene rings is 1. The van der Waals surface area contributed by atoms with Crippen molar-refractivity contribution in [3.63, 3.8) is 0 Å². The molecule has 2 aromatic rings. The Morgan fingerprint density at radius 2 is 2.14 bits per heavy atom. The number of nitrogens with one attached hydrogen (secondary N) is 1. The molecule has 0 unspecified atom stereocenters. The molecular weight excluding hydrogens is 284 g/mol. The van der Waals surface area contributed by atoms with Gasteiger partial charge >= 0.3 is 0 Å². The van der Waals surface area contributed by atoms with Gasteiger partial charge in [0, 0.05) is 36.3 Å². The van der Waals surface area contributed by atoms with Crippen LogP contribution < -0.4 is 5.32 Å². The first-order chi connectivity index (χ1) is 10.1. The summed E-state index contributed by atoms with van der Waals surface area (Å²) >= 11 is 1.67. The van der Waals surface area contributed by atoms with Gasteiger partial charge in [0.1, 0.15) is 5.82 Å². The number of rotatable bonds is 2. The third-order valence-corrected chi connectivity index (χ3v) is 4.72. The van der Waals surface area contributed by atoms with E-state index in [1.54, 1.807) is 11.3 Å². The first-order valence-electron chi connectivity index (χ1n) is 6.98. The predicted molar refractivity (Wildman–Crippen MR) is 83.8 cm³/mol. The average molecular weight is 302 g/mol. The summed E-state index contributed by atoms with van der Waals surface area (Å²) in [7, 11) is 1.82. The van der Waals surface area contributed by atoms with Gasteiger partial charge in [-0.25, -0.2) is 0 Å². The Balaban J connectivity index is 1.85. The zero-order valence-corrected chi connectivity index (χ0v) is 13.3. The summed E-state index contributed by atoms with van der Waals surface area (Å²) in [6, 6.07) is 3.97. The van der Waals surface area contributed by atoms with Crippen molar-refractivity contribution >= 4 is 23.1 Å². The van der Waals surface area contributed by atoms with Gasteiger partial charge in [0.25, 0.3) is 5.91 Å². The molecule has 3 rings (SSSR count). The number of hydrogen-bond acceptors (Lipinski definition) is 5. The van der Waals surface area contributed by atoms with Crippen LogP contribution in [0.5, 0.6) is 0 Å². The Morgan fingerprint density at radius 3 is 2.81 bits per heavy atom. The summed E-state index contributed by atoms with van der Waals surface area (Å²) in [6.07, 6.45) is 0.764. The van der Waals surface area contributed by atoms with Gasteiger partial charge in [-0.2, -0.15) is 5.10 Å². The number of nitrogens with zero attached hydrogens (tertiary/aromatic N) is 3. The van der Waals surface area contributed by atoms with Crippen LogP contribution in [0, 0.1) is 13.8 Å². The van der Waals surface area contributed by atoms with Crippen LogP contribution in [-0.4, -0.2) is 34.6 Å². The van der Waals surface area contributed by atoms with Crippen LogP contribution in [0.4, 0.5) is 5.82 Å². The van der Waals surface area contributed by atoms with Gasteiger partial charge in [-0.1, -0.05) is 0 Å². The molecule has 2 aromatic heterocycles. The molecule has 0 spiro atoms. The number of hydrogen-bond donors (Lipinski definition) is 1. The third kappa shape index (κ3) is 2.63. The molecule has 0 atom stereocenters. The van der Waals surface area contributed by atoms with Gasteiger partial charge in [0.2, 0.25) is 0 Å². The van der Waals surface area contributed by atoms with E-state index in [1.807, 2.05) is 37.9 Å². The average Bonchev–Trinajstić information content (AvgIpc) is 2.84. The maximum atomic E-state index is 12.7. The number of fused-ring (bicyclic) bond motifs is 1. The van der Waals surface area contributed by atoms with Gasteiger partial charge in [-0.15, -0.1) is 16.4 Å². The molecule has 0 saturated heterocycles. The van der Waals surface area contributed by atoms with Crippen molar-refractivity contribution in [2.75, 3.05) is 18.9 Å². The zero-order chi connectivity index (χ0) is 15.0. The van der Waals surface area contributed by atoms with E-state index in [4.69, 9.17) is 0 Å². The van der Waals surface area contributed by atoms with Crippen LogP contribution in [0.15, 0.2) is 12.1 Å². The van der Waals surface area contributed by atoms with Gasteiger partial charge in [-0.05, 0) is 31.5 Å². The SMILES string of the molecule is CNc1cc2c(nn1)CCN(C(=O)c1cc(C)sc1C)C2. The Kier molecular flexibility index (Phi) is 3.63. The lowest BCUT2D eigenvalue weighted by atomic mass is 10.1. The maximum Gasteiger partial charge on any atom is 0.255 e. The fourth-order valence-corrected chi connectivity index (χ4v) is 3.55. The highest BCUT2D eigenvalue weighted by atomic mass is 32.1. The largest absolute Gasteiger partial charge is 0.372 e. The second-order valence-corrected chi connectivity index (χ2v) is 6.72. The Morgan fingerprint density at radius 1 is 1.33 bits per heavy atom. The van der Waals surface area contributed by atoms with Gasteiger partial charge in [-0.3, -0.25) is 4.79 Å². The van der Waals surface area contributed by atoms with E-state index in [-0.39, 0.29) is 5.91 Å². The van der Waals surface area contributed by atoms with Crippen molar-refractivity contribution < 1.29 is 4.79 Å². The van der Waals surface area contributed by atoms with Crippen molar-refractivity contribution in [1.82, 2.24) is 15.1 Å². The van der Waals surface area contributed by atoms with Crippen molar-refractivity contribution in [1.29, 1.82) is 0 Å². The van der Waals surface area contributed by atoms with Gasteiger partial charge < -0.3 is 10.2 Å². The minimum Gasteiger partial charge on any atom is -0.372 e. The molecule has 3 heterocycles. The lowest BCUT2D eigenvalue weighted by Crippen LogP contribution is -2.36. The summed E-state index contributed by atoms with van der Waals surface area (Å²) in [5.41, 5.74) is 2.91. The molecule has 0 fully saturated rings. The zero-order valence-electron chi connectivity index (χ0n) is 12.4. The van der Waals surface area contributed by atoms with Crippen LogP contribution in [0.25, 0.3) is 0 Å². The van der Waals surface area contributed by atoms with Crippen LogP contribution >= 0.6 is 11.3 Å². The minimum atomic E-state index is 0.116. The minimum absolute atomic E-state index is 0.116. The quantitative estimate of drug-likeness (QED) is 0.925. The maximum absolute atomic E-state index is 12.7. The van der Waals surface area contributed by atoms with E-state index in [2.05, 4.69) is 15.5 Å². The van der Waals surface area contributed by atoms with Crippen LogP contribution in [0.2, 0.25) is 0 Å². The van der Waals surface area contributed by atoms with Gasteiger partial charge in [0.15, 0.2) is 0 Å². The van der Waals surface area contributed by atoms with Crippen molar-refractivity contribution in [2.24, 2.45) is 0 Å². The lowest BCUT2D eigenvalue weighted by molar-refractivity contribution is 0.0733. The van der Waals surface area contributed by atoms with Crippen molar-refractivity contribution in [3.05, 3.63) is 38.7 Å². The third-order valence-electron chi connectivity index (χ3n) is 3.75. The standard InChI is InChI=1S/C15H18N4OS/c1-9-6-12(10(2)21-9)15(20)19-5-4-13-11(8-19)7-14(16-3)18-17-13/h6-7H,4-5,8H2,1-3H3,(H,16,18). The van der Waals surface area contributed by atoms with E-state index in [9.17, 15) is 4.79 Å². The van der Waals surface area contributed by atoms with Crippen LogP contribution in [0.1, 0.15) is 31.4 Å². The fourth-order valence-electron chi connectivity index (χ4n) is 2.64. The topological polar surface area (TPSA) is 58.1 Å². The first kappa shape index (κ1) is 14.0. The number of carbonyl (C=O) groups is 1. The number of aryl methyl sites for hydroxylation is 2. The Labute approximate surface area is 128 Å². The molecule has 0 aliphatic carbocycles.